The lowest BCUT2D eigenvalue weighted by Crippen LogP contribution is -2.13. The van der Waals surface area contributed by atoms with Crippen LogP contribution in [0.5, 0.6) is 0 Å². The smallest absolute Gasteiger partial charge is 0.134 e. The lowest BCUT2D eigenvalue weighted by molar-refractivity contribution is 0.601. The van der Waals surface area contributed by atoms with E-state index in [1.165, 1.54) is 16.5 Å². The number of furan rings is 1. The van der Waals surface area contributed by atoms with E-state index in [9.17, 15) is 0 Å². The van der Waals surface area contributed by atoms with Gasteiger partial charge >= 0.3 is 0 Å². The molecule has 0 saturated heterocycles. The van der Waals surface area contributed by atoms with Crippen LogP contribution in [0, 0.1) is 0 Å². The van der Waals surface area contributed by atoms with Crippen LogP contribution >= 0.6 is 12.4 Å². The first-order valence-electron chi connectivity index (χ1n) is 4.64. The summed E-state index contributed by atoms with van der Waals surface area (Å²) in [5.74, 6) is 0. The van der Waals surface area contributed by atoms with Crippen molar-refractivity contribution in [3.63, 3.8) is 0 Å². The fraction of sp³-hybridized carbons (Fsp3) is 0.273. The number of hydrogen-bond donors (Lipinski definition) is 1. The molecular formula is C11H12ClNO. The molecule has 74 valence electrons. The summed E-state index contributed by atoms with van der Waals surface area (Å²) in [6, 6.07) is 6.29. The van der Waals surface area contributed by atoms with Crippen LogP contribution < -0.4 is 5.32 Å². The first-order chi connectivity index (χ1) is 6.45. The standard InChI is InChI=1S/C11H11NO.ClH/c1-2-8-4-5-12-6-9-7-13-10(3-1)11(8)9;/h1-3,7,12H,4-6H2;1H. The molecule has 0 spiro atoms. The van der Waals surface area contributed by atoms with E-state index in [2.05, 4.69) is 17.4 Å². The molecule has 0 saturated carbocycles. The lowest BCUT2D eigenvalue weighted by atomic mass is 10.1. The summed E-state index contributed by atoms with van der Waals surface area (Å²) in [7, 11) is 0. The molecule has 0 radical (unpaired) electrons. The number of rotatable bonds is 0. The van der Waals surface area contributed by atoms with Gasteiger partial charge in [0.05, 0.1) is 6.26 Å². The Bertz CT molecular complexity index is 449. The Morgan fingerprint density at radius 1 is 1.21 bits per heavy atom. The summed E-state index contributed by atoms with van der Waals surface area (Å²) in [6.45, 7) is 2.00. The number of benzene rings is 1. The summed E-state index contributed by atoms with van der Waals surface area (Å²) >= 11 is 0. The van der Waals surface area contributed by atoms with E-state index in [1.54, 1.807) is 0 Å². The predicted molar refractivity (Wildman–Crippen MR) is 58.9 cm³/mol. The largest absolute Gasteiger partial charge is 0.464 e. The molecule has 1 N–H and O–H groups in total. The van der Waals surface area contributed by atoms with Gasteiger partial charge in [-0.2, -0.15) is 0 Å². The Labute approximate surface area is 88.7 Å². The molecule has 2 heterocycles. The van der Waals surface area contributed by atoms with Crippen LogP contribution in [0.25, 0.3) is 11.0 Å². The monoisotopic (exact) mass is 209 g/mol. The van der Waals surface area contributed by atoms with E-state index < -0.39 is 0 Å². The highest BCUT2D eigenvalue weighted by molar-refractivity contribution is 5.85. The Morgan fingerprint density at radius 2 is 2.14 bits per heavy atom. The fourth-order valence-electron chi connectivity index (χ4n) is 2.02. The molecule has 0 bridgehead atoms. The predicted octanol–water partition coefficient (Wildman–Crippen LogP) is 2.50. The molecular weight excluding hydrogens is 198 g/mol. The van der Waals surface area contributed by atoms with Crippen LogP contribution in [0.15, 0.2) is 28.9 Å². The van der Waals surface area contributed by atoms with E-state index >= 15 is 0 Å². The molecule has 0 unspecified atom stereocenters. The van der Waals surface area contributed by atoms with Crippen molar-refractivity contribution in [3.8, 4) is 0 Å². The average Bonchev–Trinajstić information content (AvgIpc) is 2.44. The van der Waals surface area contributed by atoms with Crippen LogP contribution in [0.3, 0.4) is 0 Å². The van der Waals surface area contributed by atoms with Gasteiger partial charge in [-0.1, -0.05) is 12.1 Å². The summed E-state index contributed by atoms with van der Waals surface area (Å²) in [5, 5.41) is 4.71. The molecule has 1 aliphatic rings. The third kappa shape index (κ3) is 1.31. The lowest BCUT2D eigenvalue weighted by Gasteiger charge is -1.98. The quantitative estimate of drug-likeness (QED) is 0.721. The highest BCUT2D eigenvalue weighted by atomic mass is 35.5. The number of halogens is 1. The minimum absolute atomic E-state index is 0. The third-order valence-electron chi connectivity index (χ3n) is 2.65. The second-order valence-electron chi connectivity index (χ2n) is 3.48. The van der Waals surface area contributed by atoms with Crippen molar-refractivity contribution in [2.45, 2.75) is 13.0 Å². The minimum Gasteiger partial charge on any atom is -0.464 e. The van der Waals surface area contributed by atoms with Crippen molar-refractivity contribution in [3.05, 3.63) is 35.6 Å². The van der Waals surface area contributed by atoms with Gasteiger partial charge in [0.25, 0.3) is 0 Å². The molecule has 2 aromatic rings. The second-order valence-corrected chi connectivity index (χ2v) is 3.48. The summed E-state index contributed by atoms with van der Waals surface area (Å²) in [6.07, 6.45) is 2.97. The fourth-order valence-corrected chi connectivity index (χ4v) is 2.02. The molecule has 0 aliphatic carbocycles. The van der Waals surface area contributed by atoms with E-state index in [4.69, 9.17) is 4.42 Å². The second kappa shape index (κ2) is 3.64. The summed E-state index contributed by atoms with van der Waals surface area (Å²) < 4.78 is 5.48. The topological polar surface area (TPSA) is 25.2 Å². The highest BCUT2D eigenvalue weighted by Crippen LogP contribution is 2.26. The van der Waals surface area contributed by atoms with Crippen LogP contribution in [-0.4, -0.2) is 6.54 Å². The zero-order chi connectivity index (χ0) is 8.67. The van der Waals surface area contributed by atoms with Gasteiger partial charge in [0.2, 0.25) is 0 Å². The maximum atomic E-state index is 5.48. The van der Waals surface area contributed by atoms with Gasteiger partial charge in [-0.3, -0.25) is 0 Å². The van der Waals surface area contributed by atoms with Gasteiger partial charge in [0.15, 0.2) is 0 Å². The van der Waals surface area contributed by atoms with Crippen molar-refractivity contribution in [2.75, 3.05) is 6.54 Å². The van der Waals surface area contributed by atoms with Gasteiger partial charge in [-0.05, 0) is 24.6 Å². The van der Waals surface area contributed by atoms with Gasteiger partial charge in [-0.15, -0.1) is 12.4 Å². The Morgan fingerprint density at radius 3 is 3.07 bits per heavy atom. The van der Waals surface area contributed by atoms with Crippen LogP contribution in [-0.2, 0) is 13.0 Å². The highest BCUT2D eigenvalue weighted by Gasteiger charge is 2.12. The first-order valence-corrected chi connectivity index (χ1v) is 4.64. The van der Waals surface area contributed by atoms with E-state index in [0.717, 1.165) is 25.1 Å². The number of hydrogen-bond acceptors (Lipinski definition) is 2. The molecule has 2 nitrogen and oxygen atoms in total. The van der Waals surface area contributed by atoms with E-state index in [0.29, 0.717) is 0 Å². The van der Waals surface area contributed by atoms with Gasteiger partial charge in [0, 0.05) is 17.5 Å². The first kappa shape index (κ1) is 9.56. The van der Waals surface area contributed by atoms with Crippen LogP contribution in [0.2, 0.25) is 0 Å². The number of nitrogens with one attached hydrogen (secondary N) is 1. The van der Waals surface area contributed by atoms with Crippen LogP contribution in [0.4, 0.5) is 0 Å². The maximum absolute atomic E-state index is 5.48. The zero-order valence-electron chi connectivity index (χ0n) is 7.75. The molecule has 14 heavy (non-hydrogen) atoms. The third-order valence-corrected chi connectivity index (χ3v) is 2.65. The van der Waals surface area contributed by atoms with Crippen molar-refractivity contribution >= 4 is 23.4 Å². The molecule has 3 heteroatoms. The van der Waals surface area contributed by atoms with E-state index in [-0.39, 0.29) is 12.4 Å². The molecule has 1 aromatic carbocycles. The molecule has 1 aromatic heterocycles. The van der Waals surface area contributed by atoms with Gasteiger partial charge in [0.1, 0.15) is 5.58 Å². The normalized spacial score (nSPS) is 14.9. The molecule has 0 amide bonds. The molecule has 0 fully saturated rings. The van der Waals surface area contributed by atoms with Crippen molar-refractivity contribution in [1.29, 1.82) is 0 Å². The Hall–Kier alpha value is -0.990. The summed E-state index contributed by atoms with van der Waals surface area (Å²) in [4.78, 5) is 0. The van der Waals surface area contributed by atoms with Crippen molar-refractivity contribution < 1.29 is 4.42 Å². The summed E-state index contributed by atoms with van der Waals surface area (Å²) in [5.41, 5.74) is 3.73. The van der Waals surface area contributed by atoms with Crippen LogP contribution in [0.1, 0.15) is 11.1 Å². The minimum atomic E-state index is 0. The van der Waals surface area contributed by atoms with Crippen molar-refractivity contribution in [2.24, 2.45) is 0 Å². The Balaban J connectivity index is 0.000000750. The molecule has 3 rings (SSSR count). The Kier molecular flexibility index (Phi) is 2.48. The average molecular weight is 210 g/mol. The van der Waals surface area contributed by atoms with E-state index in [1.807, 2.05) is 12.3 Å². The van der Waals surface area contributed by atoms with Gasteiger partial charge in [-0.25, -0.2) is 0 Å². The maximum Gasteiger partial charge on any atom is 0.134 e. The van der Waals surface area contributed by atoms with Crippen molar-refractivity contribution in [1.82, 2.24) is 5.32 Å². The molecule has 1 aliphatic heterocycles. The van der Waals surface area contributed by atoms with Gasteiger partial charge < -0.3 is 9.73 Å². The zero-order valence-corrected chi connectivity index (χ0v) is 8.56. The SMILES string of the molecule is Cl.c1cc2c3c(coc3c1)CNCC2. The molecule has 0 atom stereocenters.